The Kier molecular flexibility index (Phi) is 3.81. The van der Waals surface area contributed by atoms with E-state index in [1.807, 2.05) is 0 Å². The van der Waals surface area contributed by atoms with Gasteiger partial charge in [0.25, 0.3) is 0 Å². The largest absolute Gasteiger partial charge is 0.449 e. The Balaban J connectivity index is 2.12. The molecular formula is C16H12F3N3S. The van der Waals surface area contributed by atoms with Gasteiger partial charge in [-0.05, 0) is 23.8 Å². The molecule has 23 heavy (non-hydrogen) atoms. The zero-order valence-corrected chi connectivity index (χ0v) is 12.7. The predicted octanol–water partition coefficient (Wildman–Crippen LogP) is 3.74. The van der Waals surface area contributed by atoms with Gasteiger partial charge in [-0.3, -0.25) is 0 Å². The highest BCUT2D eigenvalue weighted by molar-refractivity contribution is 7.80. The molecule has 118 valence electrons. The number of nitrogens with two attached hydrogens (primary N) is 1. The minimum Gasteiger partial charge on any atom is -0.389 e. The van der Waals surface area contributed by atoms with Crippen molar-refractivity contribution >= 4 is 28.2 Å². The summed E-state index contributed by atoms with van der Waals surface area (Å²) in [5.74, 6) is -0.917. The minimum atomic E-state index is -4.53. The second-order valence-corrected chi connectivity index (χ2v) is 5.51. The molecule has 0 aliphatic rings. The van der Waals surface area contributed by atoms with Crippen LogP contribution in [-0.2, 0) is 12.7 Å². The van der Waals surface area contributed by atoms with Crippen molar-refractivity contribution in [2.75, 3.05) is 0 Å². The first-order valence-electron chi connectivity index (χ1n) is 6.77. The maximum Gasteiger partial charge on any atom is 0.449 e. The Labute approximate surface area is 135 Å². The fourth-order valence-corrected chi connectivity index (χ4v) is 2.58. The molecule has 0 radical (unpaired) electrons. The third-order valence-corrected chi connectivity index (χ3v) is 3.70. The molecule has 0 saturated carbocycles. The van der Waals surface area contributed by atoms with Gasteiger partial charge in [0.15, 0.2) is 0 Å². The number of imidazole rings is 1. The van der Waals surface area contributed by atoms with E-state index in [1.165, 1.54) is 0 Å². The molecule has 0 fully saturated rings. The van der Waals surface area contributed by atoms with Gasteiger partial charge in [0.05, 0.1) is 11.0 Å². The third kappa shape index (κ3) is 3.05. The van der Waals surface area contributed by atoms with Crippen LogP contribution in [0.4, 0.5) is 13.2 Å². The van der Waals surface area contributed by atoms with Crippen LogP contribution in [0.1, 0.15) is 17.0 Å². The summed E-state index contributed by atoms with van der Waals surface area (Å²) in [6.45, 7) is 0.0335. The molecule has 3 aromatic rings. The summed E-state index contributed by atoms with van der Waals surface area (Å²) in [4.78, 5) is 3.93. The van der Waals surface area contributed by atoms with Crippen molar-refractivity contribution in [3.8, 4) is 0 Å². The number of fused-ring (bicyclic) bond motifs is 1. The molecule has 1 aromatic heterocycles. The number of alkyl halides is 3. The van der Waals surface area contributed by atoms with Gasteiger partial charge in [-0.15, -0.1) is 0 Å². The number of benzene rings is 2. The summed E-state index contributed by atoms with van der Waals surface area (Å²) in [5, 5.41) is 0. The molecule has 2 N–H and O–H groups in total. The van der Waals surface area contributed by atoms with Crippen molar-refractivity contribution in [2.45, 2.75) is 12.7 Å². The molecule has 3 nitrogen and oxygen atoms in total. The van der Waals surface area contributed by atoms with Crippen LogP contribution in [0, 0.1) is 0 Å². The Morgan fingerprint density at radius 2 is 1.87 bits per heavy atom. The van der Waals surface area contributed by atoms with Gasteiger partial charge in [-0.2, -0.15) is 13.2 Å². The molecule has 3 rings (SSSR count). The maximum atomic E-state index is 13.3. The summed E-state index contributed by atoms with van der Waals surface area (Å²) >= 11 is 4.91. The highest BCUT2D eigenvalue weighted by Gasteiger charge is 2.37. The molecule has 0 saturated heterocycles. The first kappa shape index (κ1) is 15.5. The summed E-state index contributed by atoms with van der Waals surface area (Å²) in [6.07, 6.45) is -4.53. The average molecular weight is 335 g/mol. The van der Waals surface area contributed by atoms with E-state index < -0.39 is 12.0 Å². The molecule has 1 heterocycles. The smallest absolute Gasteiger partial charge is 0.389 e. The fourth-order valence-electron chi connectivity index (χ4n) is 2.46. The number of rotatable bonds is 3. The van der Waals surface area contributed by atoms with Gasteiger partial charge in [-0.1, -0.05) is 42.5 Å². The van der Waals surface area contributed by atoms with Crippen LogP contribution in [0.5, 0.6) is 0 Å². The van der Waals surface area contributed by atoms with Gasteiger partial charge >= 0.3 is 6.18 Å². The van der Waals surface area contributed by atoms with Crippen LogP contribution in [0.15, 0.2) is 48.5 Å². The molecular weight excluding hydrogens is 323 g/mol. The first-order valence-corrected chi connectivity index (χ1v) is 7.18. The molecule has 7 heteroatoms. The highest BCUT2D eigenvalue weighted by Crippen LogP contribution is 2.32. The van der Waals surface area contributed by atoms with E-state index in [2.05, 4.69) is 4.98 Å². The van der Waals surface area contributed by atoms with E-state index in [4.69, 9.17) is 18.0 Å². The van der Waals surface area contributed by atoms with Crippen molar-refractivity contribution < 1.29 is 13.2 Å². The van der Waals surface area contributed by atoms with Gasteiger partial charge < -0.3 is 10.3 Å². The second-order valence-electron chi connectivity index (χ2n) is 5.07. The van der Waals surface area contributed by atoms with Crippen LogP contribution >= 0.6 is 12.2 Å². The Morgan fingerprint density at radius 3 is 2.57 bits per heavy atom. The Hall–Kier alpha value is -2.41. The van der Waals surface area contributed by atoms with E-state index >= 15 is 0 Å². The lowest BCUT2D eigenvalue weighted by Crippen LogP contribution is -2.16. The molecule has 0 unspecified atom stereocenters. The lowest BCUT2D eigenvalue weighted by atomic mass is 10.1. The summed E-state index contributed by atoms with van der Waals surface area (Å²) < 4.78 is 41.0. The predicted molar refractivity (Wildman–Crippen MR) is 86.2 cm³/mol. The minimum absolute atomic E-state index is 0.0335. The molecule has 0 atom stereocenters. The lowest BCUT2D eigenvalue weighted by Gasteiger charge is -2.12. The summed E-state index contributed by atoms with van der Waals surface area (Å²) in [6, 6.07) is 13.4. The van der Waals surface area contributed by atoms with E-state index in [0.717, 1.165) is 4.57 Å². The normalized spacial score (nSPS) is 11.8. The van der Waals surface area contributed by atoms with Crippen LogP contribution in [-0.4, -0.2) is 14.5 Å². The quantitative estimate of drug-likeness (QED) is 0.742. The van der Waals surface area contributed by atoms with Crippen LogP contribution in [0.3, 0.4) is 0 Å². The third-order valence-electron chi connectivity index (χ3n) is 3.46. The molecule has 2 aromatic carbocycles. The van der Waals surface area contributed by atoms with Crippen molar-refractivity contribution in [3.63, 3.8) is 0 Å². The highest BCUT2D eigenvalue weighted by atomic mass is 32.1. The number of halogens is 3. The average Bonchev–Trinajstić information content (AvgIpc) is 2.87. The standard InChI is InChI=1S/C16H12F3N3S/c17-16(18,19)15-21-12-6-1-2-7-13(12)22(15)9-10-4-3-5-11(8-10)14(20)23/h1-8H,9H2,(H2,20,23). The zero-order chi connectivity index (χ0) is 16.6. The van der Waals surface area contributed by atoms with Gasteiger partial charge in [0.2, 0.25) is 5.82 Å². The van der Waals surface area contributed by atoms with Crippen LogP contribution < -0.4 is 5.73 Å². The molecule has 0 amide bonds. The Morgan fingerprint density at radius 1 is 1.13 bits per heavy atom. The number of hydrogen-bond donors (Lipinski definition) is 1. The molecule has 0 spiro atoms. The maximum absolute atomic E-state index is 13.3. The zero-order valence-electron chi connectivity index (χ0n) is 11.8. The summed E-state index contributed by atoms with van der Waals surface area (Å²) in [5.41, 5.74) is 7.61. The number of para-hydroxylation sites is 2. The lowest BCUT2D eigenvalue weighted by molar-refractivity contribution is -0.146. The number of nitrogens with zero attached hydrogens (tertiary/aromatic N) is 2. The molecule has 0 bridgehead atoms. The summed E-state index contributed by atoms with van der Waals surface area (Å²) in [7, 11) is 0. The van der Waals surface area contributed by atoms with Gasteiger partial charge in [-0.25, -0.2) is 4.98 Å². The number of aromatic nitrogens is 2. The van der Waals surface area contributed by atoms with Crippen LogP contribution in [0.2, 0.25) is 0 Å². The van der Waals surface area contributed by atoms with Crippen LogP contribution in [0.25, 0.3) is 11.0 Å². The number of thiocarbonyl (C=S) groups is 1. The van der Waals surface area contributed by atoms with Crippen molar-refractivity contribution in [2.24, 2.45) is 5.73 Å². The van der Waals surface area contributed by atoms with Gasteiger partial charge in [0.1, 0.15) is 4.99 Å². The van der Waals surface area contributed by atoms with E-state index in [0.29, 0.717) is 22.2 Å². The van der Waals surface area contributed by atoms with E-state index in [9.17, 15) is 13.2 Å². The van der Waals surface area contributed by atoms with E-state index in [-0.39, 0.29) is 11.5 Å². The second kappa shape index (κ2) is 5.66. The topological polar surface area (TPSA) is 43.8 Å². The fraction of sp³-hybridized carbons (Fsp3) is 0.125. The molecule has 0 aliphatic heterocycles. The monoisotopic (exact) mass is 335 g/mol. The Bertz CT molecular complexity index is 884. The van der Waals surface area contributed by atoms with Crippen molar-refractivity contribution in [3.05, 3.63) is 65.5 Å². The molecule has 0 aliphatic carbocycles. The first-order chi connectivity index (χ1) is 10.9. The number of hydrogen-bond acceptors (Lipinski definition) is 2. The van der Waals surface area contributed by atoms with E-state index in [1.54, 1.807) is 48.5 Å². The van der Waals surface area contributed by atoms with Crippen molar-refractivity contribution in [1.82, 2.24) is 9.55 Å². The van der Waals surface area contributed by atoms with Gasteiger partial charge in [0, 0.05) is 12.1 Å². The van der Waals surface area contributed by atoms with Crippen molar-refractivity contribution in [1.29, 1.82) is 0 Å². The SMILES string of the molecule is NC(=S)c1cccc(Cn2c(C(F)(F)F)nc3ccccc32)c1.